The Labute approximate surface area is 136 Å². The Morgan fingerprint density at radius 1 is 1.32 bits per heavy atom. The molecule has 0 bridgehead atoms. The fourth-order valence-corrected chi connectivity index (χ4v) is 4.22. The minimum absolute atomic E-state index is 0.112. The molecule has 1 saturated heterocycles. The van der Waals surface area contributed by atoms with Crippen LogP contribution in [0.4, 0.5) is 0 Å². The Bertz CT molecular complexity index is 541. The molecule has 0 aliphatic carbocycles. The molecule has 2 aliphatic rings. The molecule has 1 aromatic rings. The summed E-state index contributed by atoms with van der Waals surface area (Å²) in [4.78, 5) is 16.4. The lowest BCUT2D eigenvalue weighted by molar-refractivity contribution is -0.135. The molecule has 1 amide bonds. The number of hydrogen-bond acceptors (Lipinski definition) is 4. The standard InChI is InChI=1S/C17H24N2O2S/c1-17(2,19-8-10-21-11-9-19)16(20)18-14-7-12-22-15-6-4-3-5-13(14)15/h3-6,14H,7-12H2,1-2H3,(H,18,20). The smallest absolute Gasteiger partial charge is 0.240 e. The van der Waals surface area contributed by atoms with E-state index >= 15 is 0 Å². The number of ether oxygens (including phenoxy) is 1. The summed E-state index contributed by atoms with van der Waals surface area (Å²) < 4.78 is 5.39. The first-order valence-corrected chi connectivity index (χ1v) is 8.93. The maximum Gasteiger partial charge on any atom is 0.240 e. The van der Waals surface area contributed by atoms with Gasteiger partial charge in [-0.05, 0) is 31.9 Å². The third-order valence-electron chi connectivity index (χ3n) is 4.62. The molecule has 120 valence electrons. The zero-order valence-electron chi connectivity index (χ0n) is 13.3. The minimum Gasteiger partial charge on any atom is -0.379 e. The van der Waals surface area contributed by atoms with Crippen LogP contribution >= 0.6 is 11.8 Å². The second-order valence-corrected chi connectivity index (χ2v) is 7.50. The lowest BCUT2D eigenvalue weighted by atomic mass is 9.98. The normalized spacial score (nSPS) is 22.9. The highest BCUT2D eigenvalue weighted by Crippen LogP contribution is 2.36. The van der Waals surface area contributed by atoms with Crippen molar-refractivity contribution in [3.8, 4) is 0 Å². The molecular weight excluding hydrogens is 296 g/mol. The summed E-state index contributed by atoms with van der Waals surface area (Å²) in [5.74, 6) is 1.17. The van der Waals surface area contributed by atoms with E-state index in [1.165, 1.54) is 10.5 Å². The zero-order chi connectivity index (χ0) is 15.6. The molecule has 1 N–H and O–H groups in total. The van der Waals surface area contributed by atoms with Crippen molar-refractivity contribution in [1.82, 2.24) is 10.2 Å². The van der Waals surface area contributed by atoms with Gasteiger partial charge in [0, 0.05) is 23.7 Å². The van der Waals surface area contributed by atoms with Gasteiger partial charge in [0.25, 0.3) is 0 Å². The van der Waals surface area contributed by atoms with Crippen LogP contribution in [0, 0.1) is 0 Å². The summed E-state index contributed by atoms with van der Waals surface area (Å²) in [6, 6.07) is 8.52. The van der Waals surface area contributed by atoms with Gasteiger partial charge >= 0.3 is 0 Å². The minimum atomic E-state index is -0.497. The van der Waals surface area contributed by atoms with Gasteiger partial charge < -0.3 is 10.1 Å². The van der Waals surface area contributed by atoms with Gasteiger partial charge in [0.15, 0.2) is 0 Å². The SMILES string of the molecule is CC(C)(C(=O)NC1CCSc2ccccc21)N1CCOCC1. The van der Waals surface area contributed by atoms with Gasteiger partial charge in [0.1, 0.15) is 0 Å². The summed E-state index contributed by atoms with van der Waals surface area (Å²) in [6.07, 6.45) is 0.993. The number of hydrogen-bond donors (Lipinski definition) is 1. The van der Waals surface area contributed by atoms with Crippen molar-refractivity contribution in [2.75, 3.05) is 32.1 Å². The maximum absolute atomic E-state index is 12.8. The van der Waals surface area contributed by atoms with Gasteiger partial charge in [-0.15, -0.1) is 11.8 Å². The number of rotatable bonds is 3. The Morgan fingerprint density at radius 2 is 2.05 bits per heavy atom. The summed E-state index contributed by atoms with van der Waals surface area (Å²) in [6.45, 7) is 7.07. The Kier molecular flexibility index (Phi) is 4.76. The van der Waals surface area contributed by atoms with Crippen LogP contribution in [-0.2, 0) is 9.53 Å². The van der Waals surface area contributed by atoms with E-state index in [1.54, 1.807) is 0 Å². The Hall–Kier alpha value is -1.04. The van der Waals surface area contributed by atoms with E-state index in [0.717, 1.165) is 25.3 Å². The molecule has 5 heteroatoms. The molecule has 0 saturated carbocycles. The van der Waals surface area contributed by atoms with Gasteiger partial charge in [0.2, 0.25) is 5.91 Å². The van der Waals surface area contributed by atoms with E-state index in [-0.39, 0.29) is 11.9 Å². The number of amides is 1. The molecule has 3 rings (SSSR count). The van der Waals surface area contributed by atoms with Crippen molar-refractivity contribution in [1.29, 1.82) is 0 Å². The predicted octanol–water partition coefficient (Wildman–Crippen LogP) is 2.45. The van der Waals surface area contributed by atoms with Crippen LogP contribution in [0.15, 0.2) is 29.2 Å². The van der Waals surface area contributed by atoms with Crippen molar-refractivity contribution in [2.24, 2.45) is 0 Å². The van der Waals surface area contributed by atoms with E-state index in [1.807, 2.05) is 25.6 Å². The number of carbonyl (C=O) groups excluding carboxylic acids is 1. The van der Waals surface area contributed by atoms with E-state index in [9.17, 15) is 4.79 Å². The number of nitrogens with zero attached hydrogens (tertiary/aromatic N) is 1. The van der Waals surface area contributed by atoms with Gasteiger partial charge in [0.05, 0.1) is 24.8 Å². The molecular formula is C17H24N2O2S. The van der Waals surface area contributed by atoms with Crippen molar-refractivity contribution < 1.29 is 9.53 Å². The summed E-state index contributed by atoms with van der Waals surface area (Å²) in [7, 11) is 0. The van der Waals surface area contributed by atoms with Crippen molar-refractivity contribution >= 4 is 17.7 Å². The highest BCUT2D eigenvalue weighted by Gasteiger charge is 2.37. The summed E-state index contributed by atoms with van der Waals surface area (Å²) in [5.41, 5.74) is 0.758. The van der Waals surface area contributed by atoms with Crippen molar-refractivity contribution in [3.05, 3.63) is 29.8 Å². The largest absolute Gasteiger partial charge is 0.379 e. The van der Waals surface area contributed by atoms with Gasteiger partial charge in [-0.3, -0.25) is 9.69 Å². The van der Waals surface area contributed by atoms with Crippen molar-refractivity contribution in [3.63, 3.8) is 0 Å². The number of benzene rings is 1. The van der Waals surface area contributed by atoms with Gasteiger partial charge in [-0.2, -0.15) is 0 Å². The molecule has 1 fully saturated rings. The third-order valence-corrected chi connectivity index (χ3v) is 5.74. The number of nitrogens with one attached hydrogen (secondary N) is 1. The van der Waals surface area contributed by atoms with E-state index in [0.29, 0.717) is 13.2 Å². The second kappa shape index (κ2) is 6.60. The highest BCUT2D eigenvalue weighted by atomic mass is 32.2. The molecule has 22 heavy (non-hydrogen) atoms. The van der Waals surface area contributed by atoms with Crippen LogP contribution < -0.4 is 5.32 Å². The Balaban J connectivity index is 1.71. The van der Waals surface area contributed by atoms with Crippen LogP contribution in [0.1, 0.15) is 31.9 Å². The average Bonchev–Trinajstić information content (AvgIpc) is 2.56. The summed E-state index contributed by atoms with van der Waals surface area (Å²) in [5, 5.41) is 3.28. The number of morpholine rings is 1. The zero-order valence-corrected chi connectivity index (χ0v) is 14.1. The van der Waals surface area contributed by atoms with Crippen LogP contribution in [0.3, 0.4) is 0 Å². The van der Waals surface area contributed by atoms with Gasteiger partial charge in [-0.25, -0.2) is 0 Å². The van der Waals surface area contributed by atoms with Crippen LogP contribution in [0.2, 0.25) is 0 Å². The highest BCUT2D eigenvalue weighted by molar-refractivity contribution is 7.99. The Morgan fingerprint density at radius 3 is 2.82 bits per heavy atom. The van der Waals surface area contributed by atoms with E-state index in [2.05, 4.69) is 34.5 Å². The average molecular weight is 320 g/mol. The first-order chi connectivity index (χ1) is 10.6. The predicted molar refractivity (Wildman–Crippen MR) is 89.1 cm³/mol. The van der Waals surface area contributed by atoms with E-state index in [4.69, 9.17) is 4.74 Å². The molecule has 1 atom stereocenters. The van der Waals surface area contributed by atoms with Gasteiger partial charge in [-0.1, -0.05) is 18.2 Å². The van der Waals surface area contributed by atoms with E-state index < -0.39 is 5.54 Å². The van der Waals surface area contributed by atoms with Crippen LogP contribution in [-0.4, -0.2) is 48.4 Å². The quantitative estimate of drug-likeness (QED) is 0.929. The maximum atomic E-state index is 12.8. The number of fused-ring (bicyclic) bond motifs is 1. The van der Waals surface area contributed by atoms with Crippen molar-refractivity contribution in [2.45, 2.75) is 36.7 Å². The lowest BCUT2D eigenvalue weighted by Gasteiger charge is -2.40. The first kappa shape index (κ1) is 15.8. The fourth-order valence-electron chi connectivity index (χ4n) is 3.09. The van der Waals surface area contributed by atoms with Crippen LogP contribution in [0.5, 0.6) is 0 Å². The molecule has 2 aliphatic heterocycles. The first-order valence-electron chi connectivity index (χ1n) is 7.94. The topological polar surface area (TPSA) is 41.6 Å². The molecule has 2 heterocycles. The molecule has 1 aromatic carbocycles. The molecule has 0 aromatic heterocycles. The number of carbonyl (C=O) groups is 1. The second-order valence-electron chi connectivity index (χ2n) is 6.36. The molecule has 4 nitrogen and oxygen atoms in total. The lowest BCUT2D eigenvalue weighted by Crippen LogP contribution is -2.58. The van der Waals surface area contributed by atoms with Crippen LogP contribution in [0.25, 0.3) is 0 Å². The molecule has 1 unspecified atom stereocenters. The fraction of sp³-hybridized carbons (Fsp3) is 0.588. The number of thioether (sulfide) groups is 1. The summed E-state index contributed by atoms with van der Waals surface area (Å²) >= 11 is 1.88. The molecule has 0 spiro atoms. The molecule has 0 radical (unpaired) electrons. The third kappa shape index (κ3) is 3.16. The monoisotopic (exact) mass is 320 g/mol.